The Morgan fingerprint density at radius 2 is 1.76 bits per heavy atom. The number of rotatable bonds is 7. The molecule has 2 aromatic carbocycles. The minimum absolute atomic E-state index is 0.0269. The molecule has 0 spiro atoms. The number of thioether (sulfide) groups is 1. The first kappa shape index (κ1) is 23.8. The lowest BCUT2D eigenvalue weighted by molar-refractivity contribution is -0.143. The van der Waals surface area contributed by atoms with E-state index in [-0.39, 0.29) is 34.5 Å². The fraction of sp³-hybridized carbons (Fsp3) is 0.167. The van der Waals surface area contributed by atoms with Gasteiger partial charge in [0.1, 0.15) is 22.1 Å². The van der Waals surface area contributed by atoms with Crippen molar-refractivity contribution >= 4 is 40.7 Å². The maximum absolute atomic E-state index is 12.6. The number of benzene rings is 2. The molecule has 0 saturated heterocycles. The van der Waals surface area contributed by atoms with E-state index >= 15 is 0 Å². The summed E-state index contributed by atoms with van der Waals surface area (Å²) in [5, 5.41) is 10.8. The highest BCUT2D eigenvalue weighted by atomic mass is 32.2. The van der Waals surface area contributed by atoms with E-state index in [1.165, 1.54) is 7.11 Å². The molecule has 3 rings (SSSR count). The zero-order chi connectivity index (χ0) is 23.8. The highest BCUT2D eigenvalue weighted by Crippen LogP contribution is 2.40. The molecule has 9 heteroatoms. The van der Waals surface area contributed by atoms with Gasteiger partial charge in [-0.2, -0.15) is 0 Å². The number of aliphatic hydroxyl groups is 1. The number of aliphatic imine (C=N–C) groups is 1. The zero-order valence-electron chi connectivity index (χ0n) is 17.9. The summed E-state index contributed by atoms with van der Waals surface area (Å²) in [4.78, 5) is 40.8. The number of esters is 2. The van der Waals surface area contributed by atoms with E-state index in [2.05, 4.69) is 9.73 Å². The van der Waals surface area contributed by atoms with Crippen LogP contribution >= 0.6 is 11.8 Å². The third-order valence-electron chi connectivity index (χ3n) is 4.37. The fourth-order valence-corrected chi connectivity index (χ4v) is 3.80. The normalized spacial score (nSPS) is 15.6. The van der Waals surface area contributed by atoms with Gasteiger partial charge in [0.25, 0.3) is 5.91 Å². The van der Waals surface area contributed by atoms with Crippen molar-refractivity contribution in [2.24, 2.45) is 4.99 Å². The van der Waals surface area contributed by atoms with E-state index in [1.54, 1.807) is 67.6 Å². The number of hydrogen-bond donors (Lipinski definition) is 1. The Hall–Kier alpha value is -3.85. The molecule has 1 amide bonds. The van der Waals surface area contributed by atoms with E-state index in [0.29, 0.717) is 16.9 Å². The third kappa shape index (κ3) is 5.89. The Labute approximate surface area is 194 Å². The van der Waals surface area contributed by atoms with Crippen LogP contribution < -0.4 is 4.74 Å². The van der Waals surface area contributed by atoms with Gasteiger partial charge in [0, 0.05) is 11.1 Å². The smallest absolute Gasteiger partial charge is 0.344 e. The van der Waals surface area contributed by atoms with Crippen LogP contribution in [0.4, 0.5) is 0 Å². The van der Waals surface area contributed by atoms with Crippen LogP contribution in [0.15, 0.2) is 75.8 Å². The Bertz CT molecular complexity index is 1150. The second-order valence-corrected chi connectivity index (χ2v) is 7.58. The summed E-state index contributed by atoms with van der Waals surface area (Å²) in [7, 11) is 1.26. The second kappa shape index (κ2) is 11.1. The molecular formula is C24H21NO7S. The molecule has 0 aliphatic carbocycles. The van der Waals surface area contributed by atoms with Crippen LogP contribution in [0.3, 0.4) is 0 Å². The van der Waals surface area contributed by atoms with E-state index < -0.39 is 17.8 Å². The molecule has 1 heterocycles. The number of carbonyl (C=O) groups is 3. The van der Waals surface area contributed by atoms with Gasteiger partial charge >= 0.3 is 11.9 Å². The summed E-state index contributed by atoms with van der Waals surface area (Å²) < 4.78 is 15.1. The molecule has 2 aromatic rings. The number of amides is 1. The molecule has 0 saturated carbocycles. The first-order valence-electron chi connectivity index (χ1n) is 9.92. The molecule has 1 N–H and O–H groups in total. The monoisotopic (exact) mass is 467 g/mol. The second-order valence-electron chi connectivity index (χ2n) is 6.55. The van der Waals surface area contributed by atoms with Gasteiger partial charge in [0.2, 0.25) is 0 Å². The molecule has 33 heavy (non-hydrogen) atoms. The molecule has 0 bridgehead atoms. The summed E-state index contributed by atoms with van der Waals surface area (Å²) in [5.41, 5.74) is 0.687. The summed E-state index contributed by atoms with van der Waals surface area (Å²) in [6.07, 6.45) is 1.57. The SMILES string of the molecule is CCOC(=O)C1=C(O)/C(=C/c2ccccc2OCC(=O)OC)SC1=NC(=O)c1ccccc1. The molecule has 8 nitrogen and oxygen atoms in total. The highest BCUT2D eigenvalue weighted by Gasteiger charge is 2.34. The van der Waals surface area contributed by atoms with Crippen LogP contribution in [-0.2, 0) is 19.1 Å². The topological polar surface area (TPSA) is 111 Å². The van der Waals surface area contributed by atoms with Crippen LogP contribution in [0.5, 0.6) is 5.75 Å². The van der Waals surface area contributed by atoms with Crippen molar-refractivity contribution in [3.8, 4) is 5.75 Å². The Morgan fingerprint density at radius 3 is 2.45 bits per heavy atom. The lowest BCUT2D eigenvalue weighted by atomic mass is 10.1. The predicted octanol–water partition coefficient (Wildman–Crippen LogP) is 3.94. The molecule has 1 aliphatic rings. The number of aliphatic hydroxyl groups excluding tert-OH is 1. The van der Waals surface area contributed by atoms with Gasteiger partial charge in [0.15, 0.2) is 6.61 Å². The van der Waals surface area contributed by atoms with Crippen molar-refractivity contribution in [1.29, 1.82) is 0 Å². The van der Waals surface area contributed by atoms with E-state index in [4.69, 9.17) is 9.47 Å². The van der Waals surface area contributed by atoms with Gasteiger partial charge in [-0.3, -0.25) is 4.79 Å². The van der Waals surface area contributed by atoms with Gasteiger partial charge in [-0.1, -0.05) is 48.2 Å². The summed E-state index contributed by atoms with van der Waals surface area (Å²) in [6, 6.07) is 15.2. The Morgan fingerprint density at radius 1 is 1.06 bits per heavy atom. The zero-order valence-corrected chi connectivity index (χ0v) is 18.8. The molecule has 0 radical (unpaired) electrons. The van der Waals surface area contributed by atoms with Crippen molar-refractivity contribution in [1.82, 2.24) is 0 Å². The average molecular weight is 467 g/mol. The highest BCUT2D eigenvalue weighted by molar-refractivity contribution is 8.18. The first-order chi connectivity index (χ1) is 15.9. The van der Waals surface area contributed by atoms with Crippen LogP contribution in [0.2, 0.25) is 0 Å². The van der Waals surface area contributed by atoms with Crippen molar-refractivity contribution in [3.63, 3.8) is 0 Å². The summed E-state index contributed by atoms with van der Waals surface area (Å²) in [6.45, 7) is 1.43. The summed E-state index contributed by atoms with van der Waals surface area (Å²) >= 11 is 0.955. The van der Waals surface area contributed by atoms with Gasteiger partial charge in [-0.05, 0) is 31.2 Å². The predicted molar refractivity (Wildman–Crippen MR) is 124 cm³/mol. The molecular weight excluding hydrogens is 446 g/mol. The minimum Gasteiger partial charge on any atom is -0.506 e. The lowest BCUT2D eigenvalue weighted by Gasteiger charge is -2.08. The number of methoxy groups -OCH3 is 1. The molecule has 1 aliphatic heterocycles. The van der Waals surface area contributed by atoms with Crippen LogP contribution in [0, 0.1) is 0 Å². The Balaban J connectivity index is 1.98. The fourth-order valence-electron chi connectivity index (χ4n) is 2.80. The van der Waals surface area contributed by atoms with E-state index in [1.807, 2.05) is 0 Å². The molecule has 0 unspecified atom stereocenters. The Kier molecular flexibility index (Phi) is 8.04. The molecule has 0 aromatic heterocycles. The number of nitrogens with zero attached hydrogens (tertiary/aromatic N) is 1. The molecule has 0 atom stereocenters. The van der Waals surface area contributed by atoms with Gasteiger partial charge in [0.05, 0.1) is 18.6 Å². The number of carbonyl (C=O) groups excluding carboxylic acids is 3. The van der Waals surface area contributed by atoms with Gasteiger partial charge in [-0.25, -0.2) is 14.6 Å². The number of para-hydroxylation sites is 1. The average Bonchev–Trinajstić information content (AvgIpc) is 3.13. The van der Waals surface area contributed by atoms with Crippen LogP contribution in [-0.4, -0.2) is 48.3 Å². The lowest BCUT2D eigenvalue weighted by Crippen LogP contribution is -2.14. The van der Waals surface area contributed by atoms with E-state index in [9.17, 15) is 19.5 Å². The minimum atomic E-state index is -0.791. The number of ether oxygens (including phenoxy) is 3. The number of hydrogen-bond acceptors (Lipinski definition) is 8. The molecule has 0 fully saturated rings. The van der Waals surface area contributed by atoms with Crippen molar-refractivity contribution in [2.75, 3.05) is 20.3 Å². The van der Waals surface area contributed by atoms with Crippen LogP contribution in [0.1, 0.15) is 22.8 Å². The standard InChI is InChI=1S/C24H21NO7S/c1-3-31-24(29)20-21(27)18(33-23(20)25-22(28)15-9-5-4-6-10-15)13-16-11-7-8-12-17(16)32-14-19(26)30-2/h4-13,27H,3,14H2,1-2H3/b18-13-,25-23?. The maximum atomic E-state index is 12.6. The van der Waals surface area contributed by atoms with Crippen LogP contribution in [0.25, 0.3) is 6.08 Å². The first-order valence-corrected chi connectivity index (χ1v) is 10.7. The van der Waals surface area contributed by atoms with Crippen molar-refractivity contribution in [3.05, 3.63) is 82.0 Å². The third-order valence-corrected chi connectivity index (χ3v) is 5.39. The van der Waals surface area contributed by atoms with E-state index in [0.717, 1.165) is 11.8 Å². The van der Waals surface area contributed by atoms with Gasteiger partial charge in [-0.15, -0.1) is 0 Å². The van der Waals surface area contributed by atoms with Crippen molar-refractivity contribution < 1.29 is 33.7 Å². The molecule has 170 valence electrons. The van der Waals surface area contributed by atoms with Crippen molar-refractivity contribution in [2.45, 2.75) is 6.92 Å². The largest absolute Gasteiger partial charge is 0.506 e. The van der Waals surface area contributed by atoms with Gasteiger partial charge < -0.3 is 19.3 Å². The maximum Gasteiger partial charge on any atom is 0.344 e. The quantitative estimate of drug-likeness (QED) is 0.610. The summed E-state index contributed by atoms with van der Waals surface area (Å²) in [5.74, 6) is -1.89.